The number of aromatic nitrogens is 1. The molecule has 2 N–H and O–H groups in total. The average molecular weight is 266 g/mol. The minimum Gasteiger partial charge on any atom is -0.370 e. The Morgan fingerprint density at radius 2 is 1.95 bits per heavy atom. The van der Waals surface area contributed by atoms with Crippen molar-refractivity contribution in [1.82, 2.24) is 4.98 Å². The zero-order chi connectivity index (χ0) is 14.3. The van der Waals surface area contributed by atoms with E-state index in [4.69, 9.17) is 0 Å². The van der Waals surface area contributed by atoms with Crippen molar-refractivity contribution in [1.29, 1.82) is 0 Å². The molecule has 0 aliphatic rings. The fourth-order valence-corrected chi connectivity index (χ4v) is 1.48. The Balaban J connectivity index is 2.83. The van der Waals surface area contributed by atoms with Gasteiger partial charge in [-0.05, 0) is 12.3 Å². The van der Waals surface area contributed by atoms with Crippen molar-refractivity contribution in [2.24, 2.45) is 5.92 Å². The summed E-state index contributed by atoms with van der Waals surface area (Å²) in [6, 6.07) is 2.93. The lowest BCUT2D eigenvalue weighted by Crippen LogP contribution is -2.12. The van der Waals surface area contributed by atoms with Crippen LogP contribution in [0.2, 0.25) is 0 Å². The minimum atomic E-state index is -0.396. The summed E-state index contributed by atoms with van der Waals surface area (Å²) in [6.07, 6.45) is 2.00. The van der Waals surface area contributed by atoms with Crippen molar-refractivity contribution in [2.75, 3.05) is 23.7 Å². The molecule has 106 valence electrons. The normalized spacial score (nSPS) is 11.9. The van der Waals surface area contributed by atoms with Crippen LogP contribution in [0.25, 0.3) is 0 Å². The summed E-state index contributed by atoms with van der Waals surface area (Å²) in [6.45, 7) is 7.78. The Kier molecular flexibility index (Phi) is 6.05. The molecule has 0 radical (unpaired) electrons. The Labute approximate surface area is 113 Å². The van der Waals surface area contributed by atoms with Gasteiger partial charge in [0.2, 0.25) is 0 Å². The fourth-order valence-electron chi connectivity index (χ4n) is 1.48. The average Bonchev–Trinajstić information content (AvgIpc) is 2.42. The summed E-state index contributed by atoms with van der Waals surface area (Å²) < 4.78 is 0. The SMILES string of the molecule is CCCNc1cc([N+](=O)[O-])cc(NCC(C)CC)n1. The summed E-state index contributed by atoms with van der Waals surface area (Å²) in [5.74, 6) is 1.60. The number of nitrogens with zero attached hydrogens (tertiary/aromatic N) is 2. The first kappa shape index (κ1) is 15.2. The highest BCUT2D eigenvalue weighted by Gasteiger charge is 2.11. The zero-order valence-electron chi connectivity index (χ0n) is 11.8. The molecule has 0 aliphatic carbocycles. The number of anilines is 2. The van der Waals surface area contributed by atoms with E-state index in [2.05, 4.69) is 29.5 Å². The predicted molar refractivity (Wildman–Crippen MR) is 77.6 cm³/mol. The molecule has 0 aliphatic heterocycles. The largest absolute Gasteiger partial charge is 0.370 e. The van der Waals surface area contributed by atoms with E-state index in [1.807, 2.05) is 6.92 Å². The molecule has 0 amide bonds. The number of rotatable bonds is 8. The van der Waals surface area contributed by atoms with Crippen LogP contribution in [0.4, 0.5) is 17.3 Å². The molecule has 1 rings (SSSR count). The van der Waals surface area contributed by atoms with Gasteiger partial charge in [-0.15, -0.1) is 0 Å². The quantitative estimate of drug-likeness (QED) is 0.557. The van der Waals surface area contributed by atoms with Gasteiger partial charge >= 0.3 is 0 Å². The lowest BCUT2D eigenvalue weighted by molar-refractivity contribution is -0.384. The van der Waals surface area contributed by atoms with E-state index in [1.165, 1.54) is 12.1 Å². The van der Waals surface area contributed by atoms with Crippen molar-refractivity contribution < 1.29 is 4.92 Å². The van der Waals surface area contributed by atoms with E-state index in [-0.39, 0.29) is 5.69 Å². The Morgan fingerprint density at radius 1 is 1.32 bits per heavy atom. The molecule has 1 heterocycles. The third-order valence-electron chi connectivity index (χ3n) is 2.91. The van der Waals surface area contributed by atoms with Gasteiger partial charge < -0.3 is 10.6 Å². The number of hydrogen-bond donors (Lipinski definition) is 2. The lowest BCUT2D eigenvalue weighted by Gasteiger charge is -2.12. The van der Waals surface area contributed by atoms with E-state index < -0.39 is 4.92 Å². The standard InChI is InChI=1S/C13H22N4O2/c1-4-6-14-12-7-11(17(18)19)8-13(16-12)15-9-10(3)5-2/h7-8,10H,4-6,9H2,1-3H3,(H2,14,15,16). The van der Waals surface area contributed by atoms with Crippen LogP contribution in [0.3, 0.4) is 0 Å². The first-order chi connectivity index (χ1) is 9.06. The van der Waals surface area contributed by atoms with Crippen molar-refractivity contribution in [3.63, 3.8) is 0 Å². The maximum absolute atomic E-state index is 10.9. The Morgan fingerprint density at radius 3 is 2.47 bits per heavy atom. The van der Waals surface area contributed by atoms with Crippen LogP contribution in [0, 0.1) is 16.0 Å². The van der Waals surface area contributed by atoms with Crippen LogP contribution in [-0.2, 0) is 0 Å². The second kappa shape index (κ2) is 7.56. The van der Waals surface area contributed by atoms with Crippen LogP contribution in [0.5, 0.6) is 0 Å². The van der Waals surface area contributed by atoms with Gasteiger partial charge in [0.15, 0.2) is 0 Å². The van der Waals surface area contributed by atoms with Crippen molar-refractivity contribution >= 4 is 17.3 Å². The predicted octanol–water partition coefficient (Wildman–Crippen LogP) is 3.27. The summed E-state index contributed by atoms with van der Waals surface area (Å²) in [4.78, 5) is 14.8. The summed E-state index contributed by atoms with van der Waals surface area (Å²) in [5, 5.41) is 17.1. The van der Waals surface area contributed by atoms with Crippen LogP contribution in [-0.4, -0.2) is 23.0 Å². The fraction of sp³-hybridized carbons (Fsp3) is 0.615. The zero-order valence-corrected chi connectivity index (χ0v) is 11.8. The highest BCUT2D eigenvalue weighted by molar-refractivity contribution is 5.54. The van der Waals surface area contributed by atoms with Gasteiger partial charge in [-0.1, -0.05) is 27.2 Å². The summed E-state index contributed by atoms with van der Waals surface area (Å²) in [5.41, 5.74) is 0.0558. The van der Waals surface area contributed by atoms with Gasteiger partial charge in [-0.25, -0.2) is 4.98 Å². The van der Waals surface area contributed by atoms with E-state index >= 15 is 0 Å². The summed E-state index contributed by atoms with van der Waals surface area (Å²) >= 11 is 0. The van der Waals surface area contributed by atoms with Gasteiger partial charge in [0.1, 0.15) is 11.6 Å². The molecule has 19 heavy (non-hydrogen) atoms. The van der Waals surface area contributed by atoms with Crippen molar-refractivity contribution in [3.8, 4) is 0 Å². The highest BCUT2D eigenvalue weighted by atomic mass is 16.6. The van der Waals surface area contributed by atoms with Gasteiger partial charge in [0.25, 0.3) is 5.69 Å². The molecule has 0 spiro atoms. The maximum atomic E-state index is 10.9. The molecule has 6 nitrogen and oxygen atoms in total. The third kappa shape index (κ3) is 5.11. The summed E-state index contributed by atoms with van der Waals surface area (Å²) in [7, 11) is 0. The number of pyridine rings is 1. The smallest absolute Gasteiger partial charge is 0.276 e. The van der Waals surface area contributed by atoms with Crippen LogP contribution in [0.1, 0.15) is 33.6 Å². The first-order valence-electron chi connectivity index (χ1n) is 6.71. The van der Waals surface area contributed by atoms with Crippen LogP contribution in [0.15, 0.2) is 12.1 Å². The van der Waals surface area contributed by atoms with E-state index in [9.17, 15) is 10.1 Å². The Bertz CT molecular complexity index is 423. The number of hydrogen-bond acceptors (Lipinski definition) is 5. The van der Waals surface area contributed by atoms with E-state index in [0.29, 0.717) is 17.6 Å². The monoisotopic (exact) mass is 266 g/mol. The van der Waals surface area contributed by atoms with Gasteiger partial charge in [0, 0.05) is 13.1 Å². The Hall–Kier alpha value is -1.85. The van der Waals surface area contributed by atoms with Gasteiger partial charge in [0.05, 0.1) is 17.1 Å². The third-order valence-corrected chi connectivity index (χ3v) is 2.91. The molecule has 0 saturated carbocycles. The molecule has 1 unspecified atom stereocenters. The molecule has 0 fully saturated rings. The van der Waals surface area contributed by atoms with E-state index in [0.717, 1.165) is 25.9 Å². The minimum absolute atomic E-state index is 0.0558. The van der Waals surface area contributed by atoms with Crippen LogP contribution >= 0.6 is 0 Å². The molecule has 0 saturated heterocycles. The topological polar surface area (TPSA) is 80.1 Å². The van der Waals surface area contributed by atoms with Gasteiger partial charge in [-0.2, -0.15) is 0 Å². The highest BCUT2D eigenvalue weighted by Crippen LogP contribution is 2.21. The van der Waals surface area contributed by atoms with Crippen LogP contribution < -0.4 is 10.6 Å². The van der Waals surface area contributed by atoms with Gasteiger partial charge in [-0.3, -0.25) is 10.1 Å². The second-order valence-electron chi connectivity index (χ2n) is 4.67. The van der Waals surface area contributed by atoms with Crippen molar-refractivity contribution in [2.45, 2.75) is 33.6 Å². The molecule has 1 aromatic rings. The number of nitrogens with one attached hydrogen (secondary N) is 2. The van der Waals surface area contributed by atoms with E-state index in [1.54, 1.807) is 0 Å². The first-order valence-corrected chi connectivity index (χ1v) is 6.71. The molecular weight excluding hydrogens is 244 g/mol. The lowest BCUT2D eigenvalue weighted by atomic mass is 10.1. The second-order valence-corrected chi connectivity index (χ2v) is 4.67. The number of nitro groups is 1. The van der Waals surface area contributed by atoms with Crippen molar-refractivity contribution in [3.05, 3.63) is 22.2 Å². The molecular formula is C13H22N4O2. The molecule has 0 bridgehead atoms. The molecule has 0 aromatic carbocycles. The molecule has 1 aromatic heterocycles. The molecule has 6 heteroatoms. The molecule has 1 atom stereocenters. The maximum Gasteiger partial charge on any atom is 0.276 e.